The topological polar surface area (TPSA) is 43.6 Å². The van der Waals surface area contributed by atoms with E-state index < -0.39 is 0 Å². The molecule has 5 heteroatoms. The molecule has 0 N–H and O–H groups in total. The third-order valence-corrected chi connectivity index (χ3v) is 3.47. The lowest BCUT2D eigenvalue weighted by Gasteiger charge is -2.09. The molecule has 0 aliphatic carbocycles. The highest BCUT2D eigenvalue weighted by molar-refractivity contribution is 6.30. The Morgan fingerprint density at radius 3 is 2.79 bits per heavy atom. The van der Waals surface area contributed by atoms with E-state index in [-0.39, 0.29) is 0 Å². The van der Waals surface area contributed by atoms with Gasteiger partial charge in [0.1, 0.15) is 11.0 Å². The van der Waals surface area contributed by atoms with Crippen molar-refractivity contribution in [2.75, 3.05) is 0 Å². The molecule has 0 bridgehead atoms. The lowest BCUT2D eigenvalue weighted by molar-refractivity contribution is 0.821. The molecule has 0 spiro atoms. The molecule has 0 amide bonds. The van der Waals surface area contributed by atoms with Crippen LogP contribution in [-0.4, -0.2) is 19.7 Å². The predicted octanol–water partition coefficient (Wildman–Crippen LogP) is 3.34. The van der Waals surface area contributed by atoms with E-state index >= 15 is 0 Å². The van der Waals surface area contributed by atoms with Crippen molar-refractivity contribution in [3.63, 3.8) is 0 Å². The zero-order chi connectivity index (χ0) is 13.4. The fourth-order valence-corrected chi connectivity index (χ4v) is 2.21. The number of fused-ring (bicyclic) bond motifs is 1. The van der Waals surface area contributed by atoms with Crippen LogP contribution in [0.1, 0.15) is 18.3 Å². The second-order valence-corrected chi connectivity index (χ2v) is 4.71. The molecule has 0 unspecified atom stereocenters. The van der Waals surface area contributed by atoms with Gasteiger partial charge in [-0.15, -0.1) is 0 Å². The fourth-order valence-electron chi connectivity index (χ4n) is 2.03. The normalized spacial score (nSPS) is 11.1. The van der Waals surface area contributed by atoms with E-state index in [1.54, 1.807) is 0 Å². The van der Waals surface area contributed by atoms with Gasteiger partial charge in [0, 0.05) is 17.4 Å². The molecule has 0 saturated heterocycles. The van der Waals surface area contributed by atoms with E-state index in [0.717, 1.165) is 34.5 Å². The second kappa shape index (κ2) is 4.63. The molecular weight excluding hydrogens is 260 g/mol. The summed E-state index contributed by atoms with van der Waals surface area (Å²) in [6.07, 6.45) is 2.57. The summed E-state index contributed by atoms with van der Waals surface area (Å²) in [5, 5.41) is 5.98. The molecule has 19 heavy (non-hydrogen) atoms. The smallest absolute Gasteiger partial charge is 0.162 e. The summed E-state index contributed by atoms with van der Waals surface area (Å²) in [5.41, 5.74) is 1.86. The standard InChI is InChI=1S/C14H13ClN4/c1-3-12-17-13(15)9(2)14(18-12)19-11-7-5-4-6-10(11)8-16-19/h4-8H,3H2,1-2H3. The van der Waals surface area contributed by atoms with E-state index in [9.17, 15) is 0 Å². The van der Waals surface area contributed by atoms with Crippen LogP contribution in [0.25, 0.3) is 16.7 Å². The predicted molar refractivity (Wildman–Crippen MR) is 75.8 cm³/mol. The molecule has 2 heterocycles. The number of rotatable bonds is 2. The molecule has 0 fully saturated rings. The van der Waals surface area contributed by atoms with Crippen LogP contribution in [0.3, 0.4) is 0 Å². The van der Waals surface area contributed by atoms with Crippen LogP contribution in [-0.2, 0) is 6.42 Å². The van der Waals surface area contributed by atoms with E-state index in [1.165, 1.54) is 0 Å². The monoisotopic (exact) mass is 272 g/mol. The number of nitrogens with zero attached hydrogens (tertiary/aromatic N) is 4. The highest BCUT2D eigenvalue weighted by Gasteiger charge is 2.13. The van der Waals surface area contributed by atoms with Crippen molar-refractivity contribution in [3.8, 4) is 5.82 Å². The maximum absolute atomic E-state index is 6.17. The molecule has 3 rings (SSSR count). The van der Waals surface area contributed by atoms with Gasteiger partial charge in [0.05, 0.1) is 11.7 Å². The lowest BCUT2D eigenvalue weighted by Crippen LogP contribution is -2.07. The Morgan fingerprint density at radius 1 is 1.21 bits per heavy atom. The van der Waals surface area contributed by atoms with Crippen molar-refractivity contribution in [1.82, 2.24) is 19.7 Å². The third kappa shape index (κ3) is 1.98. The van der Waals surface area contributed by atoms with Gasteiger partial charge < -0.3 is 0 Å². The fraction of sp³-hybridized carbons (Fsp3) is 0.214. The Bertz CT molecular complexity index is 748. The highest BCUT2D eigenvalue weighted by atomic mass is 35.5. The molecular formula is C14H13ClN4. The minimum absolute atomic E-state index is 0.487. The third-order valence-electron chi connectivity index (χ3n) is 3.10. The zero-order valence-corrected chi connectivity index (χ0v) is 11.5. The molecule has 96 valence electrons. The van der Waals surface area contributed by atoms with Crippen molar-refractivity contribution in [3.05, 3.63) is 47.0 Å². The van der Waals surface area contributed by atoms with E-state index in [4.69, 9.17) is 11.6 Å². The summed E-state index contributed by atoms with van der Waals surface area (Å²) in [6.45, 7) is 3.92. The van der Waals surface area contributed by atoms with Crippen molar-refractivity contribution in [2.24, 2.45) is 0 Å². The first-order valence-corrected chi connectivity index (χ1v) is 6.54. The number of halogens is 1. The second-order valence-electron chi connectivity index (χ2n) is 4.35. The van der Waals surface area contributed by atoms with Crippen LogP contribution in [0, 0.1) is 6.92 Å². The van der Waals surface area contributed by atoms with Crippen LogP contribution >= 0.6 is 11.6 Å². The van der Waals surface area contributed by atoms with Crippen LogP contribution in [0.15, 0.2) is 30.5 Å². The molecule has 2 aromatic heterocycles. The SMILES string of the molecule is CCc1nc(Cl)c(C)c(-n2ncc3ccccc32)n1. The first kappa shape index (κ1) is 12.1. The Morgan fingerprint density at radius 2 is 2.00 bits per heavy atom. The maximum Gasteiger partial charge on any atom is 0.162 e. The number of aryl methyl sites for hydroxylation is 1. The minimum atomic E-state index is 0.487. The summed E-state index contributed by atoms with van der Waals surface area (Å²) in [7, 11) is 0. The molecule has 0 saturated carbocycles. The lowest BCUT2D eigenvalue weighted by atomic mass is 10.2. The van der Waals surface area contributed by atoms with Gasteiger partial charge in [-0.2, -0.15) is 5.10 Å². The van der Waals surface area contributed by atoms with Gasteiger partial charge in [-0.05, 0) is 13.0 Å². The number of hydrogen-bond donors (Lipinski definition) is 0. The van der Waals surface area contributed by atoms with Gasteiger partial charge in [-0.1, -0.05) is 36.7 Å². The van der Waals surface area contributed by atoms with Gasteiger partial charge in [0.2, 0.25) is 0 Å². The summed E-state index contributed by atoms with van der Waals surface area (Å²) in [5.74, 6) is 1.48. The number of hydrogen-bond acceptors (Lipinski definition) is 3. The van der Waals surface area contributed by atoms with Gasteiger partial charge in [0.15, 0.2) is 5.82 Å². The van der Waals surface area contributed by atoms with Crippen LogP contribution in [0.4, 0.5) is 0 Å². The van der Waals surface area contributed by atoms with Crippen molar-refractivity contribution < 1.29 is 0 Å². The van der Waals surface area contributed by atoms with E-state index in [0.29, 0.717) is 5.15 Å². The Balaban J connectivity index is 2.29. The molecule has 0 aliphatic rings. The van der Waals surface area contributed by atoms with Gasteiger partial charge in [0.25, 0.3) is 0 Å². The van der Waals surface area contributed by atoms with Crippen molar-refractivity contribution in [1.29, 1.82) is 0 Å². The minimum Gasteiger partial charge on any atom is -0.221 e. The first-order chi connectivity index (χ1) is 9.20. The van der Waals surface area contributed by atoms with Crippen LogP contribution in [0.5, 0.6) is 0 Å². The summed E-state index contributed by atoms with van der Waals surface area (Å²) >= 11 is 6.17. The van der Waals surface area contributed by atoms with Gasteiger partial charge in [-0.3, -0.25) is 0 Å². The van der Waals surface area contributed by atoms with Gasteiger partial charge in [-0.25, -0.2) is 14.6 Å². The number of benzene rings is 1. The summed E-state index contributed by atoms with van der Waals surface area (Å²) in [6, 6.07) is 8.02. The number of para-hydroxylation sites is 1. The van der Waals surface area contributed by atoms with Gasteiger partial charge >= 0.3 is 0 Å². The number of aromatic nitrogens is 4. The average Bonchev–Trinajstić information content (AvgIpc) is 2.85. The Labute approximate surface area is 116 Å². The first-order valence-electron chi connectivity index (χ1n) is 6.17. The molecule has 0 aliphatic heterocycles. The average molecular weight is 273 g/mol. The summed E-state index contributed by atoms with van der Waals surface area (Å²) in [4.78, 5) is 8.80. The quantitative estimate of drug-likeness (QED) is 0.672. The van der Waals surface area contributed by atoms with E-state index in [2.05, 4.69) is 15.1 Å². The van der Waals surface area contributed by atoms with E-state index in [1.807, 2.05) is 49.0 Å². The van der Waals surface area contributed by atoms with Crippen LogP contribution in [0.2, 0.25) is 5.15 Å². The Hall–Kier alpha value is -1.94. The maximum atomic E-state index is 6.17. The molecule has 4 nitrogen and oxygen atoms in total. The van der Waals surface area contributed by atoms with Crippen molar-refractivity contribution in [2.45, 2.75) is 20.3 Å². The highest BCUT2D eigenvalue weighted by Crippen LogP contribution is 2.23. The molecule has 1 aromatic carbocycles. The molecule has 0 atom stereocenters. The van der Waals surface area contributed by atoms with Crippen molar-refractivity contribution >= 4 is 22.5 Å². The van der Waals surface area contributed by atoms with Crippen LogP contribution < -0.4 is 0 Å². The molecule has 3 aromatic rings. The summed E-state index contributed by atoms with van der Waals surface area (Å²) < 4.78 is 1.82. The largest absolute Gasteiger partial charge is 0.221 e. The Kier molecular flexibility index (Phi) is 2.95. The zero-order valence-electron chi connectivity index (χ0n) is 10.8. The molecule has 0 radical (unpaired) electrons.